The largest absolute Gasteiger partial charge is 0.368 e. The quantitative estimate of drug-likeness (QED) is 0.852. The fourth-order valence-electron chi connectivity index (χ4n) is 3.33. The molecule has 1 aromatic heterocycles. The molecule has 1 amide bonds. The van der Waals surface area contributed by atoms with Gasteiger partial charge in [-0.15, -0.1) is 0 Å². The summed E-state index contributed by atoms with van der Waals surface area (Å²) in [4.78, 5) is 15.9. The van der Waals surface area contributed by atoms with E-state index < -0.39 is 11.5 Å². The molecule has 6 heteroatoms. The van der Waals surface area contributed by atoms with Crippen LogP contribution in [-0.4, -0.2) is 23.2 Å². The molecule has 0 aliphatic heterocycles. The van der Waals surface area contributed by atoms with E-state index in [0.29, 0.717) is 23.7 Å². The van der Waals surface area contributed by atoms with Crippen LogP contribution in [0, 0.1) is 0 Å². The van der Waals surface area contributed by atoms with Crippen LogP contribution in [0.3, 0.4) is 0 Å². The Morgan fingerprint density at radius 1 is 1.29 bits per heavy atom. The third-order valence-electron chi connectivity index (χ3n) is 4.73. The Bertz CT molecular complexity index is 703. The zero-order valence-corrected chi connectivity index (χ0v) is 14.0. The standard InChI is InChI=1S/C18H23N3O3/c1-23-18(9-4-2-3-5-10-18)17-20-15(21-24-17)12-13-7-6-8-14(11-13)16(19)22/h6-8,11H,2-5,9-10,12H2,1H3,(H2,19,22). The molecule has 6 nitrogen and oxygen atoms in total. The first kappa shape index (κ1) is 16.6. The molecule has 0 unspecified atom stereocenters. The number of benzene rings is 1. The summed E-state index contributed by atoms with van der Waals surface area (Å²) in [5.74, 6) is 0.711. The van der Waals surface area contributed by atoms with Crippen molar-refractivity contribution in [3.05, 3.63) is 47.1 Å². The van der Waals surface area contributed by atoms with Crippen LogP contribution in [0.5, 0.6) is 0 Å². The SMILES string of the molecule is COC1(c2nc(Cc3cccc(C(N)=O)c3)no2)CCCCCC1. The van der Waals surface area contributed by atoms with Crippen LogP contribution in [0.1, 0.15) is 66.2 Å². The molecule has 1 fully saturated rings. The minimum absolute atomic E-state index is 0.442. The number of hydrogen-bond donors (Lipinski definition) is 1. The number of nitrogens with zero attached hydrogens (tertiary/aromatic N) is 2. The predicted molar refractivity (Wildman–Crippen MR) is 88.5 cm³/mol. The number of primary amides is 1. The average molecular weight is 329 g/mol. The summed E-state index contributed by atoms with van der Waals surface area (Å²) < 4.78 is 11.3. The maximum Gasteiger partial charge on any atom is 0.258 e. The first-order chi connectivity index (χ1) is 11.6. The molecule has 1 saturated carbocycles. The second-order valence-corrected chi connectivity index (χ2v) is 6.37. The van der Waals surface area contributed by atoms with E-state index in [4.69, 9.17) is 15.0 Å². The van der Waals surface area contributed by atoms with Crippen LogP contribution in [-0.2, 0) is 16.8 Å². The molecule has 128 valence electrons. The number of nitrogens with two attached hydrogens (primary N) is 1. The van der Waals surface area contributed by atoms with Crippen LogP contribution in [0.4, 0.5) is 0 Å². The Morgan fingerprint density at radius 3 is 2.71 bits per heavy atom. The first-order valence-electron chi connectivity index (χ1n) is 8.40. The minimum atomic E-state index is -0.461. The Hall–Kier alpha value is -2.21. The number of aromatic nitrogens is 2. The Kier molecular flexibility index (Phi) is 4.94. The molecule has 1 aromatic carbocycles. The summed E-state index contributed by atoms with van der Waals surface area (Å²) in [5.41, 5.74) is 6.26. The molecular formula is C18H23N3O3. The fourth-order valence-corrected chi connectivity index (χ4v) is 3.33. The molecule has 0 saturated heterocycles. The lowest BCUT2D eigenvalue weighted by Crippen LogP contribution is -2.28. The second-order valence-electron chi connectivity index (χ2n) is 6.37. The third kappa shape index (κ3) is 3.48. The lowest BCUT2D eigenvalue weighted by atomic mass is 9.94. The fraction of sp³-hybridized carbons (Fsp3) is 0.500. The molecule has 0 bridgehead atoms. The molecule has 0 atom stereocenters. The van der Waals surface area contributed by atoms with Gasteiger partial charge in [-0.25, -0.2) is 0 Å². The normalized spacial score (nSPS) is 17.4. The third-order valence-corrected chi connectivity index (χ3v) is 4.73. The van der Waals surface area contributed by atoms with Gasteiger partial charge in [0, 0.05) is 19.1 Å². The number of rotatable bonds is 5. The highest BCUT2D eigenvalue weighted by molar-refractivity contribution is 5.92. The van der Waals surface area contributed by atoms with Crippen molar-refractivity contribution < 1.29 is 14.1 Å². The summed E-state index contributed by atoms with van der Waals surface area (Å²) in [6.07, 6.45) is 6.94. The highest BCUT2D eigenvalue weighted by Gasteiger charge is 2.38. The van der Waals surface area contributed by atoms with Gasteiger partial charge in [0.25, 0.3) is 5.89 Å². The number of hydrogen-bond acceptors (Lipinski definition) is 5. The average Bonchev–Trinajstić information content (AvgIpc) is 2.92. The number of carbonyl (C=O) groups is 1. The highest BCUT2D eigenvalue weighted by atomic mass is 16.5. The van der Waals surface area contributed by atoms with E-state index in [2.05, 4.69) is 10.1 Å². The topological polar surface area (TPSA) is 91.2 Å². The van der Waals surface area contributed by atoms with Gasteiger partial charge in [0.2, 0.25) is 5.91 Å². The van der Waals surface area contributed by atoms with Crippen molar-refractivity contribution in [1.82, 2.24) is 10.1 Å². The Labute approximate surface area is 141 Å². The van der Waals surface area contributed by atoms with Crippen molar-refractivity contribution in [3.63, 3.8) is 0 Å². The van der Waals surface area contributed by atoms with Gasteiger partial charge in [-0.3, -0.25) is 4.79 Å². The van der Waals surface area contributed by atoms with Crippen molar-refractivity contribution in [1.29, 1.82) is 0 Å². The lowest BCUT2D eigenvalue weighted by Gasteiger charge is -2.26. The second kappa shape index (κ2) is 7.13. The molecule has 2 N–H and O–H groups in total. The van der Waals surface area contributed by atoms with Crippen LogP contribution in [0.15, 0.2) is 28.8 Å². The van der Waals surface area contributed by atoms with Crippen LogP contribution in [0.25, 0.3) is 0 Å². The summed E-state index contributed by atoms with van der Waals surface area (Å²) in [6, 6.07) is 7.17. The Morgan fingerprint density at radius 2 is 2.04 bits per heavy atom. The molecular weight excluding hydrogens is 306 g/mol. The van der Waals surface area contributed by atoms with Crippen molar-refractivity contribution in [2.75, 3.05) is 7.11 Å². The Balaban J connectivity index is 1.80. The maximum atomic E-state index is 11.3. The molecule has 3 rings (SSSR count). The molecule has 2 aromatic rings. The zero-order chi connectivity index (χ0) is 17.0. The van der Waals surface area contributed by atoms with Gasteiger partial charge in [0.15, 0.2) is 5.82 Å². The summed E-state index contributed by atoms with van der Waals surface area (Å²) in [7, 11) is 1.71. The molecule has 1 heterocycles. The van der Waals surface area contributed by atoms with Gasteiger partial charge < -0.3 is 15.0 Å². The van der Waals surface area contributed by atoms with E-state index in [0.717, 1.165) is 31.2 Å². The molecule has 1 aliphatic carbocycles. The molecule has 1 aliphatic rings. The van der Waals surface area contributed by atoms with Crippen molar-refractivity contribution in [3.8, 4) is 0 Å². The van der Waals surface area contributed by atoms with E-state index in [1.807, 2.05) is 6.07 Å². The molecule has 24 heavy (non-hydrogen) atoms. The number of ether oxygens (including phenoxy) is 1. The van der Waals surface area contributed by atoms with Gasteiger partial charge in [-0.1, -0.05) is 43.0 Å². The van der Waals surface area contributed by atoms with Gasteiger partial charge in [0.1, 0.15) is 5.60 Å². The van der Waals surface area contributed by atoms with Crippen LogP contribution < -0.4 is 5.73 Å². The van der Waals surface area contributed by atoms with E-state index in [1.54, 1.807) is 25.3 Å². The molecule has 0 spiro atoms. The van der Waals surface area contributed by atoms with Crippen molar-refractivity contribution >= 4 is 5.91 Å². The van der Waals surface area contributed by atoms with E-state index in [9.17, 15) is 4.79 Å². The smallest absolute Gasteiger partial charge is 0.258 e. The van der Waals surface area contributed by atoms with E-state index >= 15 is 0 Å². The van der Waals surface area contributed by atoms with Gasteiger partial charge in [0.05, 0.1) is 0 Å². The number of amides is 1. The predicted octanol–water partition coefficient (Wildman–Crippen LogP) is 2.96. The lowest BCUT2D eigenvalue weighted by molar-refractivity contribution is -0.0520. The first-order valence-corrected chi connectivity index (χ1v) is 8.40. The van der Waals surface area contributed by atoms with Crippen molar-refractivity contribution in [2.45, 2.75) is 50.5 Å². The summed E-state index contributed by atoms with van der Waals surface area (Å²) >= 11 is 0. The van der Waals surface area contributed by atoms with Crippen LogP contribution in [0.2, 0.25) is 0 Å². The van der Waals surface area contributed by atoms with Gasteiger partial charge in [-0.05, 0) is 30.5 Å². The summed E-state index contributed by atoms with van der Waals surface area (Å²) in [5, 5.41) is 4.10. The monoisotopic (exact) mass is 329 g/mol. The molecule has 0 radical (unpaired) electrons. The van der Waals surface area contributed by atoms with E-state index in [1.165, 1.54) is 12.8 Å². The minimum Gasteiger partial charge on any atom is -0.368 e. The maximum absolute atomic E-state index is 11.3. The van der Waals surface area contributed by atoms with Crippen LogP contribution >= 0.6 is 0 Å². The summed E-state index contributed by atoms with van der Waals surface area (Å²) in [6.45, 7) is 0. The van der Waals surface area contributed by atoms with E-state index in [-0.39, 0.29) is 0 Å². The zero-order valence-electron chi connectivity index (χ0n) is 14.0. The number of methoxy groups -OCH3 is 1. The highest BCUT2D eigenvalue weighted by Crippen LogP contribution is 2.38. The number of carbonyl (C=O) groups excluding carboxylic acids is 1. The van der Waals surface area contributed by atoms with Gasteiger partial charge in [-0.2, -0.15) is 4.98 Å². The van der Waals surface area contributed by atoms with Gasteiger partial charge >= 0.3 is 0 Å². The van der Waals surface area contributed by atoms with Crippen molar-refractivity contribution in [2.24, 2.45) is 5.73 Å².